The molecule has 106 valence electrons. The number of aryl methyl sites for hydroxylation is 1. The number of hydrogen-bond donors (Lipinski definition) is 1. The normalized spacial score (nSPS) is 11.3. The van der Waals surface area contributed by atoms with Crippen molar-refractivity contribution in [1.29, 1.82) is 0 Å². The molecule has 1 aromatic heterocycles. The zero-order valence-corrected chi connectivity index (χ0v) is 12.4. The number of rotatable bonds is 4. The van der Waals surface area contributed by atoms with Gasteiger partial charge in [0.2, 0.25) is 5.03 Å². The van der Waals surface area contributed by atoms with Crippen molar-refractivity contribution in [3.05, 3.63) is 41.3 Å². The summed E-state index contributed by atoms with van der Waals surface area (Å²) in [5.41, 5.74) is 0.834. The number of imidazole rings is 1. The maximum atomic E-state index is 12.1. The molecule has 0 amide bonds. The molecule has 0 unspecified atom stereocenters. The molecule has 8 heteroatoms. The van der Waals surface area contributed by atoms with E-state index in [2.05, 4.69) is 9.71 Å². The highest BCUT2D eigenvalue weighted by Crippen LogP contribution is 2.21. The maximum Gasteiger partial charge on any atom is 0.282 e. The van der Waals surface area contributed by atoms with Crippen LogP contribution < -0.4 is 4.72 Å². The summed E-state index contributed by atoms with van der Waals surface area (Å²) in [5.74, 6) is -0.0906. The minimum atomic E-state index is -3.86. The van der Waals surface area contributed by atoms with Gasteiger partial charge in [-0.15, -0.1) is 0 Å². The van der Waals surface area contributed by atoms with E-state index in [9.17, 15) is 13.2 Å². The van der Waals surface area contributed by atoms with Crippen LogP contribution in [-0.4, -0.2) is 23.8 Å². The first kappa shape index (κ1) is 14.5. The lowest BCUT2D eigenvalue weighted by Crippen LogP contribution is -2.14. The van der Waals surface area contributed by atoms with Crippen molar-refractivity contribution < 1.29 is 13.2 Å². The SMILES string of the molecule is CC(=O)c1ccc(NS(=O)(=O)c2ncn(C)c2Cl)cc1. The van der Waals surface area contributed by atoms with Crippen LogP contribution >= 0.6 is 11.6 Å². The number of aromatic nitrogens is 2. The number of nitrogens with zero attached hydrogens (tertiary/aromatic N) is 2. The molecule has 1 N–H and O–H groups in total. The van der Waals surface area contributed by atoms with E-state index < -0.39 is 10.0 Å². The Kier molecular flexibility index (Phi) is 3.82. The minimum Gasteiger partial charge on any atom is -0.324 e. The first-order valence-corrected chi connectivity index (χ1v) is 7.48. The molecule has 2 rings (SSSR count). The monoisotopic (exact) mass is 313 g/mol. The fraction of sp³-hybridized carbons (Fsp3) is 0.167. The van der Waals surface area contributed by atoms with Gasteiger partial charge in [0.1, 0.15) is 5.15 Å². The van der Waals surface area contributed by atoms with Crippen molar-refractivity contribution >= 4 is 33.1 Å². The van der Waals surface area contributed by atoms with E-state index in [1.165, 1.54) is 30.0 Å². The average molecular weight is 314 g/mol. The second-order valence-corrected chi connectivity index (χ2v) is 6.15. The van der Waals surface area contributed by atoms with E-state index in [4.69, 9.17) is 11.6 Å². The minimum absolute atomic E-state index is 0.0258. The second kappa shape index (κ2) is 5.26. The molecule has 6 nitrogen and oxygen atoms in total. The molecular formula is C12H12ClN3O3S. The second-order valence-electron chi connectivity index (χ2n) is 4.19. The van der Waals surface area contributed by atoms with Gasteiger partial charge in [-0.2, -0.15) is 8.42 Å². The molecule has 0 saturated carbocycles. The largest absolute Gasteiger partial charge is 0.324 e. The molecule has 0 spiro atoms. The van der Waals surface area contributed by atoms with Crippen molar-refractivity contribution in [3.8, 4) is 0 Å². The van der Waals surface area contributed by atoms with Gasteiger partial charge in [-0.1, -0.05) is 11.6 Å². The molecule has 0 aliphatic carbocycles. The van der Waals surface area contributed by atoms with E-state index in [1.54, 1.807) is 19.2 Å². The summed E-state index contributed by atoms with van der Waals surface area (Å²) < 4.78 is 28.0. The smallest absolute Gasteiger partial charge is 0.282 e. The lowest BCUT2D eigenvalue weighted by atomic mass is 10.1. The van der Waals surface area contributed by atoms with Crippen molar-refractivity contribution in [1.82, 2.24) is 9.55 Å². The first-order valence-electron chi connectivity index (χ1n) is 5.62. The summed E-state index contributed by atoms with van der Waals surface area (Å²) >= 11 is 5.86. The molecule has 20 heavy (non-hydrogen) atoms. The quantitative estimate of drug-likeness (QED) is 0.876. The predicted octanol–water partition coefficient (Wildman–Crippen LogP) is 2.08. The Hall–Kier alpha value is -1.86. The molecule has 0 atom stereocenters. The number of ketones is 1. The number of benzene rings is 1. The summed E-state index contributed by atoms with van der Waals surface area (Å²) in [7, 11) is -2.26. The lowest BCUT2D eigenvalue weighted by Gasteiger charge is -2.06. The molecule has 0 bridgehead atoms. The van der Waals surface area contributed by atoms with Gasteiger partial charge in [0.15, 0.2) is 5.78 Å². The van der Waals surface area contributed by atoms with Gasteiger partial charge in [-0.25, -0.2) is 4.98 Å². The van der Waals surface area contributed by atoms with Crippen LogP contribution in [0, 0.1) is 0 Å². The average Bonchev–Trinajstić information content (AvgIpc) is 2.71. The van der Waals surface area contributed by atoms with Crippen molar-refractivity contribution in [2.24, 2.45) is 7.05 Å². The van der Waals surface area contributed by atoms with Crippen LogP contribution in [0.25, 0.3) is 0 Å². The zero-order chi connectivity index (χ0) is 14.9. The number of halogens is 1. The summed E-state index contributed by atoms with van der Waals surface area (Å²) in [6.45, 7) is 1.44. The van der Waals surface area contributed by atoms with Crippen LogP contribution in [0.2, 0.25) is 5.15 Å². The van der Waals surface area contributed by atoms with E-state index >= 15 is 0 Å². The molecule has 2 aromatic rings. The first-order chi connectivity index (χ1) is 9.31. The summed E-state index contributed by atoms with van der Waals surface area (Å²) in [4.78, 5) is 14.9. The Bertz CT molecular complexity index is 751. The highest BCUT2D eigenvalue weighted by Gasteiger charge is 2.22. The number of Topliss-reactive ketones (excluding diaryl/α,β-unsaturated/α-hetero) is 1. The molecule has 1 heterocycles. The number of hydrogen-bond acceptors (Lipinski definition) is 4. The Balaban J connectivity index is 2.29. The van der Waals surface area contributed by atoms with Gasteiger partial charge >= 0.3 is 0 Å². The van der Waals surface area contributed by atoms with Crippen molar-refractivity contribution in [2.45, 2.75) is 11.9 Å². The van der Waals surface area contributed by atoms with Crippen molar-refractivity contribution in [3.63, 3.8) is 0 Å². The third kappa shape index (κ3) is 2.83. The number of sulfonamides is 1. The van der Waals surface area contributed by atoms with Crippen LogP contribution in [0.4, 0.5) is 5.69 Å². The Morgan fingerprint density at radius 1 is 1.30 bits per heavy atom. The topological polar surface area (TPSA) is 81.1 Å². The maximum absolute atomic E-state index is 12.1. The number of nitrogens with one attached hydrogen (secondary N) is 1. The van der Waals surface area contributed by atoms with E-state index in [1.807, 2.05) is 0 Å². The fourth-order valence-electron chi connectivity index (χ4n) is 1.55. The van der Waals surface area contributed by atoms with Crippen LogP contribution in [0.5, 0.6) is 0 Å². The highest BCUT2D eigenvalue weighted by molar-refractivity contribution is 7.92. The molecule has 0 aliphatic heterocycles. The van der Waals surface area contributed by atoms with Crippen LogP contribution in [0.3, 0.4) is 0 Å². The summed E-state index contributed by atoms with van der Waals surface area (Å²) in [6.07, 6.45) is 1.32. The Morgan fingerprint density at radius 2 is 1.90 bits per heavy atom. The Labute approximate surface area is 121 Å². The third-order valence-corrected chi connectivity index (χ3v) is 4.50. The lowest BCUT2D eigenvalue weighted by molar-refractivity contribution is 0.101. The van der Waals surface area contributed by atoms with E-state index in [0.717, 1.165) is 0 Å². The fourth-order valence-corrected chi connectivity index (χ4v) is 3.04. The number of carbonyl (C=O) groups excluding carboxylic acids is 1. The molecule has 0 aliphatic rings. The number of anilines is 1. The molecule has 1 aromatic carbocycles. The van der Waals surface area contributed by atoms with Gasteiger partial charge in [0, 0.05) is 18.3 Å². The van der Waals surface area contributed by atoms with Gasteiger partial charge in [-0.05, 0) is 31.2 Å². The Morgan fingerprint density at radius 3 is 2.35 bits per heavy atom. The van der Waals surface area contributed by atoms with Crippen LogP contribution in [0.1, 0.15) is 17.3 Å². The van der Waals surface area contributed by atoms with Gasteiger partial charge in [-0.3, -0.25) is 9.52 Å². The summed E-state index contributed by atoms with van der Waals surface area (Å²) in [6, 6.07) is 6.09. The van der Waals surface area contributed by atoms with Crippen LogP contribution in [-0.2, 0) is 17.1 Å². The van der Waals surface area contributed by atoms with Crippen molar-refractivity contribution in [2.75, 3.05) is 4.72 Å². The zero-order valence-electron chi connectivity index (χ0n) is 10.8. The third-order valence-electron chi connectivity index (χ3n) is 2.63. The molecular weight excluding hydrogens is 302 g/mol. The molecule has 0 saturated heterocycles. The van der Waals surface area contributed by atoms with E-state index in [-0.39, 0.29) is 16.0 Å². The predicted molar refractivity (Wildman–Crippen MR) is 75.5 cm³/mol. The van der Waals surface area contributed by atoms with Gasteiger partial charge < -0.3 is 4.57 Å². The molecule has 0 radical (unpaired) electrons. The van der Waals surface area contributed by atoms with Crippen LogP contribution in [0.15, 0.2) is 35.6 Å². The summed E-state index contributed by atoms with van der Waals surface area (Å²) in [5, 5.41) is -0.213. The standard InChI is InChI=1S/C12H12ClN3O3S/c1-8(17)9-3-5-10(6-4-9)15-20(18,19)12-11(13)16(2)7-14-12/h3-7,15H,1-2H3. The molecule has 0 fully saturated rings. The van der Waals surface area contributed by atoms with E-state index in [0.29, 0.717) is 11.3 Å². The van der Waals surface area contributed by atoms with Gasteiger partial charge in [0.05, 0.1) is 6.33 Å². The van der Waals surface area contributed by atoms with Gasteiger partial charge in [0.25, 0.3) is 10.0 Å². The number of carbonyl (C=O) groups is 1. The highest BCUT2D eigenvalue weighted by atomic mass is 35.5.